The Balaban J connectivity index is 1.63. The van der Waals surface area contributed by atoms with Gasteiger partial charge < -0.3 is 10.6 Å². The number of anilines is 1. The minimum Gasteiger partial charge on any atom is -0.349 e. The van der Waals surface area contributed by atoms with E-state index < -0.39 is 0 Å². The van der Waals surface area contributed by atoms with Crippen LogP contribution in [0.25, 0.3) is 0 Å². The van der Waals surface area contributed by atoms with Crippen molar-refractivity contribution in [1.82, 2.24) is 10.6 Å². The van der Waals surface area contributed by atoms with Gasteiger partial charge in [-0.3, -0.25) is 14.9 Å². The van der Waals surface area contributed by atoms with Gasteiger partial charge in [0.05, 0.1) is 10.6 Å². The molecule has 0 aromatic heterocycles. The van der Waals surface area contributed by atoms with E-state index in [2.05, 4.69) is 38.5 Å². The summed E-state index contributed by atoms with van der Waals surface area (Å²) < 4.78 is 1.01. The summed E-state index contributed by atoms with van der Waals surface area (Å²) in [6, 6.07) is 10.7. The zero-order valence-electron chi connectivity index (χ0n) is 16.6. The fraction of sp³-hybridized carbons (Fsp3) is 0.318. The van der Waals surface area contributed by atoms with Crippen LogP contribution in [0.15, 0.2) is 36.4 Å². The van der Waals surface area contributed by atoms with Gasteiger partial charge in [-0.05, 0) is 90.5 Å². The summed E-state index contributed by atoms with van der Waals surface area (Å²) in [4.78, 5) is 25.1. The normalized spacial score (nSPS) is 14.1. The quantitative estimate of drug-likeness (QED) is 0.347. The van der Waals surface area contributed by atoms with E-state index in [1.54, 1.807) is 24.3 Å². The third kappa shape index (κ3) is 6.15. The van der Waals surface area contributed by atoms with Gasteiger partial charge in [-0.2, -0.15) is 0 Å². The van der Waals surface area contributed by atoms with Crippen molar-refractivity contribution in [2.75, 3.05) is 5.32 Å². The maximum absolute atomic E-state index is 12.7. The summed E-state index contributed by atoms with van der Waals surface area (Å²) in [6.07, 6.45) is 5.48. The average molecular weight is 556 g/mol. The van der Waals surface area contributed by atoms with E-state index in [0.717, 1.165) is 34.8 Å². The average Bonchev–Trinajstić information content (AvgIpc) is 2.72. The Morgan fingerprint density at radius 2 is 1.80 bits per heavy atom. The van der Waals surface area contributed by atoms with Gasteiger partial charge in [0.2, 0.25) is 0 Å². The van der Waals surface area contributed by atoms with E-state index in [9.17, 15) is 9.59 Å². The smallest absolute Gasteiger partial charge is 0.257 e. The predicted octanol–water partition coefficient (Wildman–Crippen LogP) is 5.44. The second kappa shape index (κ2) is 10.5. The van der Waals surface area contributed by atoms with E-state index in [1.807, 2.05) is 19.1 Å². The SMILES string of the molecule is Cc1ccc(C(=O)NC(=S)Nc2ccc(Cl)c(C(=O)NC3CCCCC3)c2)cc1I. The lowest BCUT2D eigenvalue weighted by atomic mass is 9.95. The molecule has 0 saturated heterocycles. The highest BCUT2D eigenvalue weighted by molar-refractivity contribution is 14.1. The van der Waals surface area contributed by atoms with Crippen LogP contribution in [0.5, 0.6) is 0 Å². The number of halogens is 2. The molecule has 5 nitrogen and oxygen atoms in total. The van der Waals surface area contributed by atoms with Gasteiger partial charge in [0.15, 0.2) is 5.11 Å². The molecule has 3 rings (SSSR count). The number of benzene rings is 2. The molecule has 3 N–H and O–H groups in total. The zero-order valence-corrected chi connectivity index (χ0v) is 20.3. The molecule has 0 heterocycles. The molecule has 0 unspecified atom stereocenters. The van der Waals surface area contributed by atoms with Crippen LogP contribution in [0.4, 0.5) is 5.69 Å². The number of nitrogens with one attached hydrogen (secondary N) is 3. The van der Waals surface area contributed by atoms with Crippen molar-refractivity contribution in [3.05, 3.63) is 61.7 Å². The van der Waals surface area contributed by atoms with Crippen molar-refractivity contribution in [2.45, 2.75) is 45.1 Å². The lowest BCUT2D eigenvalue weighted by molar-refractivity contribution is 0.0926. The van der Waals surface area contributed by atoms with Gasteiger partial charge in [-0.1, -0.05) is 36.9 Å². The summed E-state index contributed by atoms with van der Waals surface area (Å²) >= 11 is 13.7. The van der Waals surface area contributed by atoms with Gasteiger partial charge in [0.25, 0.3) is 11.8 Å². The second-order valence-electron chi connectivity index (χ2n) is 7.38. The maximum Gasteiger partial charge on any atom is 0.257 e. The van der Waals surface area contributed by atoms with E-state index in [0.29, 0.717) is 21.8 Å². The number of aryl methyl sites for hydroxylation is 1. The first-order valence-electron chi connectivity index (χ1n) is 9.82. The minimum atomic E-state index is -0.297. The maximum atomic E-state index is 12.7. The molecule has 0 radical (unpaired) electrons. The number of hydrogen-bond donors (Lipinski definition) is 3. The first-order chi connectivity index (χ1) is 14.3. The monoisotopic (exact) mass is 555 g/mol. The first-order valence-corrected chi connectivity index (χ1v) is 11.7. The first kappa shape index (κ1) is 23.0. The molecule has 0 aliphatic heterocycles. The van der Waals surface area contributed by atoms with Crippen LogP contribution in [0.3, 0.4) is 0 Å². The van der Waals surface area contributed by atoms with Crippen molar-refractivity contribution in [1.29, 1.82) is 0 Å². The Kier molecular flexibility index (Phi) is 8.07. The van der Waals surface area contributed by atoms with Gasteiger partial charge >= 0.3 is 0 Å². The summed E-state index contributed by atoms with van der Waals surface area (Å²) in [5.41, 5.74) is 2.59. The molecule has 1 saturated carbocycles. The summed E-state index contributed by atoms with van der Waals surface area (Å²) in [5.74, 6) is -0.491. The van der Waals surface area contributed by atoms with Gasteiger partial charge in [0, 0.05) is 20.9 Å². The molecular weight excluding hydrogens is 533 g/mol. The lowest BCUT2D eigenvalue weighted by Gasteiger charge is -2.23. The molecule has 0 spiro atoms. The van der Waals surface area contributed by atoms with Crippen LogP contribution in [0, 0.1) is 10.5 Å². The Hall–Kier alpha value is -1.71. The van der Waals surface area contributed by atoms with Crippen LogP contribution in [0.1, 0.15) is 58.4 Å². The number of amides is 2. The van der Waals surface area contributed by atoms with E-state index >= 15 is 0 Å². The lowest BCUT2D eigenvalue weighted by Crippen LogP contribution is -2.36. The molecule has 8 heteroatoms. The predicted molar refractivity (Wildman–Crippen MR) is 133 cm³/mol. The number of hydrogen-bond acceptors (Lipinski definition) is 3. The number of thiocarbonyl (C=S) groups is 1. The molecule has 1 fully saturated rings. The van der Waals surface area contributed by atoms with Crippen LogP contribution < -0.4 is 16.0 Å². The molecule has 0 atom stereocenters. The van der Waals surface area contributed by atoms with Gasteiger partial charge in [-0.15, -0.1) is 0 Å². The van der Waals surface area contributed by atoms with Crippen LogP contribution in [0.2, 0.25) is 5.02 Å². The van der Waals surface area contributed by atoms with Crippen LogP contribution in [-0.4, -0.2) is 23.0 Å². The Labute approximate surface area is 200 Å². The number of carbonyl (C=O) groups excluding carboxylic acids is 2. The molecule has 0 bridgehead atoms. The Bertz CT molecular complexity index is 977. The second-order valence-corrected chi connectivity index (χ2v) is 9.35. The van der Waals surface area contributed by atoms with E-state index in [4.69, 9.17) is 23.8 Å². The van der Waals surface area contributed by atoms with Crippen molar-refractivity contribution >= 4 is 69.0 Å². The Morgan fingerprint density at radius 3 is 2.50 bits per heavy atom. The van der Waals surface area contributed by atoms with Gasteiger partial charge in [0.1, 0.15) is 0 Å². The molecule has 2 aromatic carbocycles. The van der Waals surface area contributed by atoms with Crippen molar-refractivity contribution in [3.63, 3.8) is 0 Å². The van der Waals surface area contributed by atoms with Crippen molar-refractivity contribution in [3.8, 4) is 0 Å². The van der Waals surface area contributed by atoms with Crippen LogP contribution >= 0.6 is 46.4 Å². The number of rotatable bonds is 4. The Morgan fingerprint density at radius 1 is 1.07 bits per heavy atom. The van der Waals surface area contributed by atoms with E-state index in [-0.39, 0.29) is 23.0 Å². The summed E-state index contributed by atoms with van der Waals surface area (Å²) in [6.45, 7) is 1.98. The third-order valence-corrected chi connectivity index (χ3v) is 6.77. The summed E-state index contributed by atoms with van der Waals surface area (Å²) in [7, 11) is 0. The highest BCUT2D eigenvalue weighted by Gasteiger charge is 2.19. The van der Waals surface area contributed by atoms with Gasteiger partial charge in [-0.25, -0.2) is 0 Å². The standard InChI is InChI=1S/C22H23ClIN3O2S/c1-13-7-8-14(11-19(13)24)20(28)27-22(30)26-16-9-10-18(23)17(12-16)21(29)25-15-5-3-2-4-6-15/h7-12,15H,2-6H2,1H3,(H,25,29)(H2,26,27,28,30). The third-order valence-electron chi connectivity index (χ3n) is 5.07. The fourth-order valence-electron chi connectivity index (χ4n) is 3.36. The zero-order chi connectivity index (χ0) is 21.7. The molecular formula is C22H23ClIN3O2S. The molecule has 30 heavy (non-hydrogen) atoms. The highest BCUT2D eigenvalue weighted by atomic mass is 127. The summed E-state index contributed by atoms with van der Waals surface area (Å²) in [5, 5.41) is 9.21. The molecule has 2 aromatic rings. The largest absolute Gasteiger partial charge is 0.349 e. The van der Waals surface area contributed by atoms with E-state index in [1.165, 1.54) is 6.42 Å². The molecule has 1 aliphatic carbocycles. The highest BCUT2D eigenvalue weighted by Crippen LogP contribution is 2.23. The topological polar surface area (TPSA) is 70.2 Å². The number of carbonyl (C=O) groups is 2. The van der Waals surface area contributed by atoms with Crippen LogP contribution in [-0.2, 0) is 0 Å². The minimum absolute atomic E-state index is 0.150. The van der Waals surface area contributed by atoms with Crippen molar-refractivity contribution < 1.29 is 9.59 Å². The molecule has 158 valence electrons. The molecule has 2 amide bonds. The van der Waals surface area contributed by atoms with Crippen molar-refractivity contribution in [2.24, 2.45) is 0 Å². The molecule has 1 aliphatic rings. The fourth-order valence-corrected chi connectivity index (χ4v) is 4.29.